The highest BCUT2D eigenvalue weighted by atomic mass is 79.9. The smallest absolute Gasteiger partial charge is 0.305 e. The molecule has 2 rings (SSSR count). The summed E-state index contributed by atoms with van der Waals surface area (Å²) in [6, 6.07) is 9.25. The van der Waals surface area contributed by atoms with Crippen molar-refractivity contribution < 1.29 is 14.3 Å². The summed E-state index contributed by atoms with van der Waals surface area (Å²) in [7, 11) is 0. The second-order valence-electron chi connectivity index (χ2n) is 2.40. The molecule has 0 unspecified atom stereocenters. The van der Waals surface area contributed by atoms with Crippen LogP contribution in [0.1, 0.15) is 0 Å². The molecule has 0 spiro atoms. The highest BCUT2D eigenvalue weighted by Gasteiger charge is 2.16. The number of nitrogens with zero attached hydrogens (tertiary/aromatic N) is 2. The average molecular weight is 241 g/mol. The fourth-order valence-corrected chi connectivity index (χ4v) is 1.31. The van der Waals surface area contributed by atoms with Crippen LogP contribution in [-0.4, -0.2) is 5.27 Å². The maximum Gasteiger partial charge on any atom is 0.305 e. The SMILES string of the molecule is [O-]c1on[n+](-c2ccccc2)c1Br. The Kier molecular flexibility index (Phi) is 2.02. The Balaban J connectivity index is 2.53. The number of aromatic nitrogens is 2. The minimum absolute atomic E-state index is 0.290. The van der Waals surface area contributed by atoms with Crippen molar-refractivity contribution in [2.45, 2.75) is 0 Å². The Morgan fingerprint density at radius 2 is 2.00 bits per heavy atom. The third-order valence-electron chi connectivity index (χ3n) is 1.56. The van der Waals surface area contributed by atoms with Crippen LogP contribution < -0.4 is 9.79 Å². The predicted molar refractivity (Wildman–Crippen MR) is 45.2 cm³/mol. The maximum absolute atomic E-state index is 10.9. The highest BCUT2D eigenvalue weighted by Crippen LogP contribution is 2.15. The maximum atomic E-state index is 10.9. The summed E-state index contributed by atoms with van der Waals surface area (Å²) in [5, 5.41) is 14.5. The molecule has 13 heavy (non-hydrogen) atoms. The molecule has 0 atom stereocenters. The van der Waals surface area contributed by atoms with E-state index in [-0.39, 0.29) is 0 Å². The molecule has 66 valence electrons. The molecule has 0 saturated heterocycles. The van der Waals surface area contributed by atoms with Crippen LogP contribution in [0.5, 0.6) is 5.95 Å². The molecule has 1 aromatic heterocycles. The number of halogens is 1. The first kappa shape index (κ1) is 8.25. The lowest BCUT2D eigenvalue weighted by molar-refractivity contribution is -0.680. The fraction of sp³-hybridized carbons (Fsp3) is 0. The van der Waals surface area contributed by atoms with E-state index in [9.17, 15) is 5.11 Å². The van der Waals surface area contributed by atoms with Gasteiger partial charge < -0.3 is 9.63 Å². The van der Waals surface area contributed by atoms with Gasteiger partial charge in [0, 0.05) is 28.1 Å². The van der Waals surface area contributed by atoms with E-state index in [0.717, 1.165) is 5.69 Å². The van der Waals surface area contributed by atoms with Crippen molar-refractivity contribution in [1.82, 2.24) is 5.27 Å². The summed E-state index contributed by atoms with van der Waals surface area (Å²) in [4.78, 5) is 0. The highest BCUT2D eigenvalue weighted by molar-refractivity contribution is 9.10. The minimum atomic E-state index is -0.483. The van der Waals surface area contributed by atoms with E-state index in [1.54, 1.807) is 0 Å². The Morgan fingerprint density at radius 1 is 1.31 bits per heavy atom. The van der Waals surface area contributed by atoms with Gasteiger partial charge in [-0.25, -0.2) is 0 Å². The lowest BCUT2D eigenvalue weighted by Crippen LogP contribution is -2.33. The van der Waals surface area contributed by atoms with Crippen LogP contribution in [0.2, 0.25) is 0 Å². The fourth-order valence-electron chi connectivity index (χ4n) is 0.968. The van der Waals surface area contributed by atoms with Gasteiger partial charge in [0.25, 0.3) is 0 Å². The zero-order chi connectivity index (χ0) is 9.26. The topological polar surface area (TPSA) is 53.0 Å². The monoisotopic (exact) mass is 240 g/mol. The molecule has 0 aliphatic rings. The normalized spacial score (nSPS) is 10.2. The summed E-state index contributed by atoms with van der Waals surface area (Å²) in [5.41, 5.74) is 0.778. The molecular weight excluding hydrogens is 236 g/mol. The first-order chi connectivity index (χ1) is 6.29. The zero-order valence-electron chi connectivity index (χ0n) is 6.48. The Labute approximate surface area is 82.5 Å². The molecule has 0 fully saturated rings. The summed E-state index contributed by atoms with van der Waals surface area (Å²) in [5.74, 6) is -0.483. The number of para-hydroxylation sites is 1. The first-order valence-electron chi connectivity index (χ1n) is 3.59. The molecule has 0 N–H and O–H groups in total. The number of hydrogen-bond acceptors (Lipinski definition) is 3. The second-order valence-corrected chi connectivity index (χ2v) is 3.15. The van der Waals surface area contributed by atoms with Crippen LogP contribution >= 0.6 is 15.9 Å². The largest absolute Gasteiger partial charge is 0.538 e. The van der Waals surface area contributed by atoms with Crippen LogP contribution in [0.25, 0.3) is 5.69 Å². The van der Waals surface area contributed by atoms with Gasteiger partial charge >= 0.3 is 4.60 Å². The van der Waals surface area contributed by atoms with Crippen LogP contribution in [0, 0.1) is 0 Å². The summed E-state index contributed by atoms with van der Waals surface area (Å²) in [6.07, 6.45) is 0. The number of hydrogen-bond donors (Lipinski definition) is 0. The molecule has 2 aromatic rings. The van der Waals surface area contributed by atoms with Gasteiger partial charge in [-0.15, -0.1) is 0 Å². The lowest BCUT2D eigenvalue weighted by atomic mass is 10.3. The van der Waals surface area contributed by atoms with Crippen LogP contribution in [0.15, 0.2) is 39.5 Å². The Hall–Kier alpha value is -1.36. The van der Waals surface area contributed by atoms with Gasteiger partial charge in [-0.05, 0) is 4.68 Å². The van der Waals surface area contributed by atoms with Crippen molar-refractivity contribution in [3.05, 3.63) is 34.9 Å². The van der Waals surface area contributed by atoms with Gasteiger partial charge in [-0.1, -0.05) is 18.2 Å². The molecule has 0 radical (unpaired) electrons. The third-order valence-corrected chi connectivity index (χ3v) is 2.22. The van der Waals surface area contributed by atoms with Crippen LogP contribution in [0.4, 0.5) is 0 Å². The van der Waals surface area contributed by atoms with Crippen molar-refractivity contribution >= 4 is 15.9 Å². The predicted octanol–water partition coefficient (Wildman–Crippen LogP) is 0.787. The summed E-state index contributed by atoms with van der Waals surface area (Å²) >= 11 is 3.08. The molecule has 5 heteroatoms. The van der Waals surface area contributed by atoms with E-state index in [4.69, 9.17) is 0 Å². The molecule has 4 nitrogen and oxygen atoms in total. The van der Waals surface area contributed by atoms with Crippen LogP contribution in [-0.2, 0) is 0 Å². The van der Waals surface area contributed by atoms with Gasteiger partial charge in [0.15, 0.2) is 5.95 Å². The van der Waals surface area contributed by atoms with Crippen molar-refractivity contribution in [1.29, 1.82) is 0 Å². The van der Waals surface area contributed by atoms with E-state index < -0.39 is 5.95 Å². The van der Waals surface area contributed by atoms with Gasteiger partial charge in [-0.3, -0.25) is 0 Å². The molecule has 0 bridgehead atoms. The zero-order valence-corrected chi connectivity index (χ0v) is 8.06. The van der Waals surface area contributed by atoms with E-state index >= 15 is 0 Å². The van der Waals surface area contributed by atoms with E-state index in [1.807, 2.05) is 30.3 Å². The van der Waals surface area contributed by atoms with E-state index in [0.29, 0.717) is 4.60 Å². The molecule has 1 heterocycles. The molecular formula is C8H5BrN2O2. The van der Waals surface area contributed by atoms with Crippen LogP contribution in [0.3, 0.4) is 0 Å². The molecule has 0 amide bonds. The van der Waals surface area contributed by atoms with Gasteiger partial charge in [0.05, 0.1) is 5.27 Å². The van der Waals surface area contributed by atoms with Crippen molar-refractivity contribution in [2.24, 2.45) is 0 Å². The Morgan fingerprint density at radius 3 is 2.54 bits per heavy atom. The Bertz CT molecular complexity index is 413. The summed E-state index contributed by atoms with van der Waals surface area (Å²) in [6.45, 7) is 0. The standard InChI is InChI=1S/C8H5BrN2O2/c9-7-8(12)13-10-11(7)6-4-2-1-3-5-6/h1-5H. The third kappa shape index (κ3) is 1.42. The quantitative estimate of drug-likeness (QED) is 0.693. The molecule has 0 aliphatic heterocycles. The van der Waals surface area contributed by atoms with Gasteiger partial charge in [-0.2, -0.15) is 0 Å². The first-order valence-corrected chi connectivity index (χ1v) is 4.38. The van der Waals surface area contributed by atoms with Crippen molar-refractivity contribution in [3.63, 3.8) is 0 Å². The number of rotatable bonds is 1. The second kappa shape index (κ2) is 3.18. The van der Waals surface area contributed by atoms with E-state index in [1.165, 1.54) is 4.68 Å². The average Bonchev–Trinajstić information content (AvgIpc) is 2.49. The number of benzene rings is 1. The minimum Gasteiger partial charge on any atom is -0.538 e. The van der Waals surface area contributed by atoms with Gasteiger partial charge in [0.2, 0.25) is 5.69 Å². The molecule has 1 aromatic carbocycles. The molecule has 0 aliphatic carbocycles. The van der Waals surface area contributed by atoms with Crippen molar-refractivity contribution in [2.75, 3.05) is 0 Å². The lowest BCUT2D eigenvalue weighted by Gasteiger charge is -1.88. The van der Waals surface area contributed by atoms with E-state index in [2.05, 4.69) is 25.7 Å². The van der Waals surface area contributed by atoms with Crippen molar-refractivity contribution in [3.8, 4) is 11.6 Å². The summed E-state index contributed by atoms with van der Waals surface area (Å²) < 4.78 is 6.14. The molecule has 0 saturated carbocycles. The van der Waals surface area contributed by atoms with Gasteiger partial charge in [0.1, 0.15) is 0 Å².